The van der Waals surface area contributed by atoms with Crippen molar-refractivity contribution in [1.29, 1.82) is 0 Å². The summed E-state index contributed by atoms with van der Waals surface area (Å²) < 4.78 is 14.2. The molecule has 2 heterocycles. The number of aromatic nitrogens is 2. The molecular formula is C23H33FN4O. The molecule has 1 N–H and O–H groups in total. The minimum Gasteiger partial charge on any atom is -0.392 e. The summed E-state index contributed by atoms with van der Waals surface area (Å²) in [5, 5.41) is 10.2. The maximum atomic E-state index is 14.2. The van der Waals surface area contributed by atoms with E-state index in [9.17, 15) is 9.50 Å². The molecule has 1 aliphatic heterocycles. The van der Waals surface area contributed by atoms with Gasteiger partial charge in [0.25, 0.3) is 0 Å². The summed E-state index contributed by atoms with van der Waals surface area (Å²) >= 11 is 0. The Morgan fingerprint density at radius 3 is 2.52 bits per heavy atom. The van der Waals surface area contributed by atoms with Crippen LogP contribution in [-0.4, -0.2) is 58.8 Å². The summed E-state index contributed by atoms with van der Waals surface area (Å²) in [6, 6.07) is 6.91. The lowest BCUT2D eigenvalue weighted by atomic mass is 10.0. The van der Waals surface area contributed by atoms with E-state index in [1.54, 1.807) is 6.07 Å². The van der Waals surface area contributed by atoms with Crippen LogP contribution in [0.2, 0.25) is 0 Å². The van der Waals surface area contributed by atoms with E-state index >= 15 is 0 Å². The van der Waals surface area contributed by atoms with Crippen molar-refractivity contribution in [3.8, 4) is 0 Å². The van der Waals surface area contributed by atoms with Crippen LogP contribution in [0.15, 0.2) is 24.3 Å². The monoisotopic (exact) mass is 400 g/mol. The first-order chi connectivity index (χ1) is 14.0. The van der Waals surface area contributed by atoms with E-state index in [4.69, 9.17) is 4.98 Å². The lowest BCUT2D eigenvalue weighted by Gasteiger charge is -2.37. The van der Waals surface area contributed by atoms with Crippen molar-refractivity contribution in [3.05, 3.63) is 52.7 Å². The molecule has 1 atom stereocenters. The molecule has 1 aromatic heterocycles. The number of β-amino-alcohol motifs (C(OH)–C–C–N with tert-alkyl or cyclic N) is 1. The zero-order valence-electron chi connectivity index (χ0n) is 17.9. The summed E-state index contributed by atoms with van der Waals surface area (Å²) in [6.45, 7) is 10.3. The minimum atomic E-state index is -0.248. The van der Waals surface area contributed by atoms with Gasteiger partial charge in [-0.1, -0.05) is 38.0 Å². The van der Waals surface area contributed by atoms with Crippen LogP contribution in [0.3, 0.4) is 0 Å². The Bertz CT molecular complexity index is 805. The van der Waals surface area contributed by atoms with Gasteiger partial charge in [0, 0.05) is 50.4 Å². The van der Waals surface area contributed by atoms with Gasteiger partial charge in [0.15, 0.2) is 0 Å². The Morgan fingerprint density at radius 1 is 1.10 bits per heavy atom. The van der Waals surface area contributed by atoms with Gasteiger partial charge >= 0.3 is 0 Å². The van der Waals surface area contributed by atoms with Gasteiger partial charge in [-0.3, -0.25) is 4.90 Å². The van der Waals surface area contributed by atoms with Gasteiger partial charge in [-0.05, 0) is 31.9 Å². The number of aliphatic hydroxyl groups is 1. The Kier molecular flexibility index (Phi) is 7.56. The normalized spacial score (nSPS) is 16.2. The molecule has 2 aromatic rings. The first-order valence-electron chi connectivity index (χ1n) is 10.7. The molecule has 3 rings (SSSR count). The number of aliphatic hydroxyl groups excluding tert-OH is 1. The van der Waals surface area contributed by atoms with Gasteiger partial charge < -0.3 is 10.0 Å². The third-order valence-corrected chi connectivity index (χ3v) is 5.66. The maximum absolute atomic E-state index is 14.2. The van der Waals surface area contributed by atoms with Gasteiger partial charge in [0.1, 0.15) is 17.5 Å². The number of nitrogens with zero attached hydrogens (tertiary/aromatic N) is 4. The molecular weight excluding hydrogens is 367 g/mol. The van der Waals surface area contributed by atoms with E-state index in [2.05, 4.69) is 21.7 Å². The minimum absolute atomic E-state index is 0.190. The van der Waals surface area contributed by atoms with Crippen LogP contribution >= 0.6 is 0 Å². The Labute approximate surface area is 173 Å². The van der Waals surface area contributed by atoms with Gasteiger partial charge in [-0.2, -0.15) is 0 Å². The van der Waals surface area contributed by atoms with Crippen LogP contribution in [0.1, 0.15) is 48.8 Å². The number of halogens is 1. The second kappa shape index (κ2) is 10.1. The summed E-state index contributed by atoms with van der Waals surface area (Å²) in [5.41, 5.74) is 2.58. The van der Waals surface area contributed by atoms with Gasteiger partial charge in [-0.25, -0.2) is 14.4 Å². The molecule has 1 aromatic carbocycles. The van der Waals surface area contributed by atoms with Crippen molar-refractivity contribution in [2.75, 3.05) is 37.6 Å². The topological polar surface area (TPSA) is 52.5 Å². The number of benzene rings is 1. The van der Waals surface area contributed by atoms with Crippen LogP contribution < -0.4 is 4.90 Å². The standard InChI is InChI=1S/C23H33FN4O/c1-4-5-9-20(29)16-27-11-13-28(14-12-27)23-21(17(2)25-18(3)26-23)15-19-8-6-7-10-22(19)24/h6-8,10,20,29H,4-5,9,11-16H2,1-3H3. The highest BCUT2D eigenvalue weighted by Crippen LogP contribution is 2.26. The number of anilines is 1. The van der Waals surface area contributed by atoms with Gasteiger partial charge in [0.05, 0.1) is 6.10 Å². The number of unbranched alkanes of at least 4 members (excludes halogenated alkanes) is 1. The number of hydrogen-bond acceptors (Lipinski definition) is 5. The van der Waals surface area contributed by atoms with E-state index in [-0.39, 0.29) is 11.9 Å². The van der Waals surface area contributed by atoms with E-state index < -0.39 is 0 Å². The molecule has 5 nitrogen and oxygen atoms in total. The molecule has 1 fully saturated rings. The molecule has 1 saturated heterocycles. The lowest BCUT2D eigenvalue weighted by Crippen LogP contribution is -2.49. The molecule has 158 valence electrons. The molecule has 0 bridgehead atoms. The molecule has 0 radical (unpaired) electrons. The van der Waals surface area contributed by atoms with E-state index in [1.165, 1.54) is 6.07 Å². The fourth-order valence-electron chi connectivity index (χ4n) is 3.99. The van der Waals surface area contributed by atoms with Crippen LogP contribution in [0.25, 0.3) is 0 Å². The summed E-state index contributed by atoms with van der Waals surface area (Å²) in [5.74, 6) is 1.47. The van der Waals surface area contributed by atoms with Crippen LogP contribution in [0.5, 0.6) is 0 Å². The highest BCUT2D eigenvalue weighted by molar-refractivity contribution is 5.51. The van der Waals surface area contributed by atoms with Gasteiger partial charge in [-0.15, -0.1) is 0 Å². The van der Waals surface area contributed by atoms with E-state index in [0.29, 0.717) is 12.0 Å². The number of aryl methyl sites for hydroxylation is 2. The Morgan fingerprint density at radius 2 is 1.83 bits per heavy atom. The second-order valence-corrected chi connectivity index (χ2v) is 8.01. The van der Waals surface area contributed by atoms with Crippen molar-refractivity contribution in [2.24, 2.45) is 0 Å². The smallest absolute Gasteiger partial charge is 0.136 e. The molecule has 1 unspecified atom stereocenters. The lowest BCUT2D eigenvalue weighted by molar-refractivity contribution is 0.100. The van der Waals surface area contributed by atoms with E-state index in [0.717, 1.165) is 74.9 Å². The van der Waals surface area contributed by atoms with Crippen molar-refractivity contribution >= 4 is 5.82 Å². The third-order valence-electron chi connectivity index (χ3n) is 5.66. The average molecular weight is 401 g/mol. The quantitative estimate of drug-likeness (QED) is 0.735. The van der Waals surface area contributed by atoms with Gasteiger partial charge in [0.2, 0.25) is 0 Å². The van der Waals surface area contributed by atoms with Crippen LogP contribution in [-0.2, 0) is 6.42 Å². The zero-order valence-corrected chi connectivity index (χ0v) is 17.9. The second-order valence-electron chi connectivity index (χ2n) is 8.01. The fraction of sp³-hybridized carbons (Fsp3) is 0.565. The average Bonchev–Trinajstić information content (AvgIpc) is 2.70. The van der Waals surface area contributed by atoms with Crippen molar-refractivity contribution in [3.63, 3.8) is 0 Å². The van der Waals surface area contributed by atoms with Crippen molar-refractivity contribution < 1.29 is 9.50 Å². The van der Waals surface area contributed by atoms with E-state index in [1.807, 2.05) is 26.0 Å². The number of piperazine rings is 1. The fourth-order valence-corrected chi connectivity index (χ4v) is 3.99. The first kappa shape index (κ1) is 21.7. The predicted molar refractivity (Wildman–Crippen MR) is 115 cm³/mol. The van der Waals surface area contributed by atoms with Crippen molar-refractivity contribution in [1.82, 2.24) is 14.9 Å². The zero-order chi connectivity index (χ0) is 20.8. The Balaban J connectivity index is 1.72. The SMILES string of the molecule is CCCCC(O)CN1CCN(c2nc(C)nc(C)c2Cc2ccccc2F)CC1. The summed E-state index contributed by atoms with van der Waals surface area (Å²) in [6.07, 6.45) is 3.29. The largest absolute Gasteiger partial charge is 0.392 e. The predicted octanol–water partition coefficient (Wildman–Crippen LogP) is 3.50. The van der Waals surface area contributed by atoms with Crippen molar-refractivity contribution in [2.45, 2.75) is 52.6 Å². The Hall–Kier alpha value is -2.05. The van der Waals surface area contributed by atoms with Crippen LogP contribution in [0, 0.1) is 19.7 Å². The molecule has 6 heteroatoms. The molecule has 0 saturated carbocycles. The molecule has 0 amide bonds. The first-order valence-corrected chi connectivity index (χ1v) is 10.7. The number of hydrogen-bond donors (Lipinski definition) is 1. The molecule has 29 heavy (non-hydrogen) atoms. The summed E-state index contributed by atoms with van der Waals surface area (Å²) in [4.78, 5) is 13.9. The van der Waals surface area contributed by atoms with Crippen LogP contribution in [0.4, 0.5) is 10.2 Å². The highest BCUT2D eigenvalue weighted by Gasteiger charge is 2.23. The maximum Gasteiger partial charge on any atom is 0.136 e. The molecule has 0 aliphatic carbocycles. The number of rotatable bonds is 8. The summed E-state index contributed by atoms with van der Waals surface area (Å²) in [7, 11) is 0. The highest BCUT2D eigenvalue weighted by atomic mass is 19.1. The molecule has 1 aliphatic rings. The molecule has 0 spiro atoms. The third kappa shape index (κ3) is 5.73.